The Hall–Kier alpha value is -1.07. The zero-order valence-electron chi connectivity index (χ0n) is 44.2. The van der Waals surface area contributed by atoms with E-state index in [1.807, 2.05) is 0 Å². The van der Waals surface area contributed by atoms with Crippen LogP contribution >= 0.6 is 0 Å². The Bertz CT molecular complexity index is 1060. The lowest BCUT2D eigenvalue weighted by molar-refractivity contribution is -0.302. The van der Waals surface area contributed by atoms with Gasteiger partial charge in [0.15, 0.2) is 6.29 Å². The molecule has 7 unspecified atom stereocenters. The van der Waals surface area contributed by atoms with Crippen LogP contribution in [0.4, 0.5) is 0 Å². The molecule has 1 heterocycles. The van der Waals surface area contributed by atoms with Gasteiger partial charge in [-0.15, -0.1) is 0 Å². The van der Waals surface area contributed by atoms with Gasteiger partial charge in [-0.05, 0) is 38.5 Å². The molecule has 6 N–H and O–H groups in total. The number of unbranched alkanes of at least 4 members (excludes halogenated alkanes) is 39. The second-order valence-corrected chi connectivity index (χ2v) is 20.8. The largest absolute Gasteiger partial charge is 0.394 e. The maximum atomic E-state index is 13.0. The fraction of sp³-hybridized carbons (Fsp3) is 0.948. The molecule has 398 valence electrons. The quantitative estimate of drug-likeness (QED) is 0.0261. The van der Waals surface area contributed by atoms with Crippen LogP contribution in [-0.2, 0) is 14.3 Å². The number of nitrogens with one attached hydrogen (secondary N) is 1. The number of hydrogen-bond donors (Lipinski definition) is 6. The topological polar surface area (TPSA) is 149 Å². The van der Waals surface area contributed by atoms with Crippen molar-refractivity contribution < 1.29 is 39.8 Å². The molecule has 0 aromatic rings. The van der Waals surface area contributed by atoms with E-state index in [1.165, 1.54) is 218 Å². The van der Waals surface area contributed by atoms with E-state index >= 15 is 0 Å². The standard InChI is InChI=1S/C58H113NO8/c1-3-5-7-9-11-13-15-17-19-20-21-22-23-24-25-26-27-28-29-30-31-32-34-35-37-39-41-43-45-47-52(61)51(50-66-58-57(65)56(64)55(63)53(49-60)67-58)59-54(62)48-46-44-42-40-38-36-33-18-16-14-12-10-8-6-4-2/h18,33,51-53,55-58,60-61,63-65H,3-17,19-32,34-50H2,1-2H3,(H,59,62)/b33-18-. The van der Waals surface area contributed by atoms with Crippen molar-refractivity contribution in [3.8, 4) is 0 Å². The summed E-state index contributed by atoms with van der Waals surface area (Å²) in [5.74, 6) is -0.148. The third-order valence-corrected chi connectivity index (χ3v) is 14.4. The predicted molar refractivity (Wildman–Crippen MR) is 281 cm³/mol. The number of ether oxygens (including phenoxy) is 2. The number of carbonyl (C=O) groups excluding carboxylic acids is 1. The Morgan fingerprint density at radius 1 is 0.493 bits per heavy atom. The lowest BCUT2D eigenvalue weighted by atomic mass is 9.99. The highest BCUT2D eigenvalue weighted by molar-refractivity contribution is 5.76. The first-order valence-corrected chi connectivity index (χ1v) is 29.4. The second-order valence-electron chi connectivity index (χ2n) is 20.8. The van der Waals surface area contributed by atoms with Gasteiger partial charge in [-0.25, -0.2) is 0 Å². The molecule has 9 heteroatoms. The molecule has 1 aliphatic heterocycles. The molecule has 1 aliphatic rings. The van der Waals surface area contributed by atoms with Crippen molar-refractivity contribution in [2.75, 3.05) is 13.2 Å². The molecule has 0 saturated carbocycles. The lowest BCUT2D eigenvalue weighted by Gasteiger charge is -2.40. The number of aliphatic hydroxyl groups is 5. The molecule has 1 amide bonds. The molecule has 1 fully saturated rings. The number of hydrogen-bond acceptors (Lipinski definition) is 8. The number of carbonyl (C=O) groups is 1. The van der Waals surface area contributed by atoms with Crippen molar-refractivity contribution in [3.63, 3.8) is 0 Å². The zero-order valence-corrected chi connectivity index (χ0v) is 44.2. The Morgan fingerprint density at radius 3 is 1.21 bits per heavy atom. The van der Waals surface area contributed by atoms with Crippen LogP contribution in [0.1, 0.15) is 296 Å². The molecule has 0 bridgehead atoms. The normalized spacial score (nSPS) is 19.7. The summed E-state index contributed by atoms with van der Waals surface area (Å²) in [4.78, 5) is 13.0. The first-order valence-electron chi connectivity index (χ1n) is 29.4. The van der Waals surface area contributed by atoms with Crippen LogP contribution in [0, 0.1) is 0 Å². The number of aliphatic hydroxyl groups excluding tert-OH is 5. The van der Waals surface area contributed by atoms with Crippen LogP contribution in [-0.4, -0.2) is 87.5 Å². The molecule has 0 aliphatic carbocycles. The first-order chi connectivity index (χ1) is 32.8. The van der Waals surface area contributed by atoms with E-state index in [0.29, 0.717) is 12.8 Å². The van der Waals surface area contributed by atoms with E-state index in [2.05, 4.69) is 31.3 Å². The summed E-state index contributed by atoms with van der Waals surface area (Å²) in [6.45, 7) is 3.86. The van der Waals surface area contributed by atoms with E-state index in [1.54, 1.807) is 0 Å². The van der Waals surface area contributed by atoms with Crippen LogP contribution in [0.15, 0.2) is 12.2 Å². The highest BCUT2D eigenvalue weighted by atomic mass is 16.7. The smallest absolute Gasteiger partial charge is 0.220 e. The minimum atomic E-state index is -1.55. The predicted octanol–water partition coefficient (Wildman–Crippen LogP) is 14.4. The Labute approximate surface area is 414 Å². The number of amides is 1. The van der Waals surface area contributed by atoms with Crippen molar-refractivity contribution in [1.82, 2.24) is 5.32 Å². The van der Waals surface area contributed by atoms with Crippen molar-refractivity contribution in [2.24, 2.45) is 0 Å². The summed E-state index contributed by atoms with van der Waals surface area (Å²) in [6, 6.07) is -0.721. The SMILES string of the molecule is CCCCCCCC/C=C\CCCCCCCC(=O)NC(COC1OC(CO)C(O)C(O)C1O)C(O)CCCCCCCCCCCCCCCCCCCCCCCCCCCCCCC. The van der Waals surface area contributed by atoms with Crippen molar-refractivity contribution in [3.05, 3.63) is 12.2 Å². The third kappa shape index (κ3) is 38.3. The van der Waals surface area contributed by atoms with Gasteiger partial charge in [-0.3, -0.25) is 4.79 Å². The highest BCUT2D eigenvalue weighted by Crippen LogP contribution is 2.23. The van der Waals surface area contributed by atoms with Gasteiger partial charge >= 0.3 is 0 Å². The summed E-state index contributed by atoms with van der Waals surface area (Å²) < 4.78 is 11.3. The average molecular weight is 953 g/mol. The monoisotopic (exact) mass is 952 g/mol. The van der Waals surface area contributed by atoms with E-state index < -0.39 is 49.5 Å². The summed E-state index contributed by atoms with van der Waals surface area (Å²) in [5.41, 5.74) is 0. The van der Waals surface area contributed by atoms with Crippen LogP contribution in [0.3, 0.4) is 0 Å². The molecular weight excluding hydrogens is 839 g/mol. The fourth-order valence-electron chi connectivity index (χ4n) is 9.69. The minimum Gasteiger partial charge on any atom is -0.394 e. The van der Waals surface area contributed by atoms with E-state index in [9.17, 15) is 30.3 Å². The van der Waals surface area contributed by atoms with Gasteiger partial charge < -0.3 is 40.3 Å². The zero-order chi connectivity index (χ0) is 48.7. The molecule has 0 aromatic heterocycles. The summed E-state index contributed by atoms with van der Waals surface area (Å²) in [5, 5.41) is 54.6. The molecule has 0 spiro atoms. The van der Waals surface area contributed by atoms with Gasteiger partial charge in [-0.2, -0.15) is 0 Å². The molecular formula is C58H113NO8. The number of rotatable bonds is 51. The summed E-state index contributed by atoms with van der Waals surface area (Å²) in [7, 11) is 0. The summed E-state index contributed by atoms with van der Waals surface area (Å²) in [6.07, 6.45) is 52.5. The van der Waals surface area contributed by atoms with E-state index in [4.69, 9.17) is 9.47 Å². The third-order valence-electron chi connectivity index (χ3n) is 14.4. The van der Waals surface area contributed by atoms with Crippen LogP contribution in [0.5, 0.6) is 0 Å². The highest BCUT2D eigenvalue weighted by Gasteiger charge is 2.44. The van der Waals surface area contributed by atoms with E-state index in [-0.39, 0.29) is 12.5 Å². The molecule has 67 heavy (non-hydrogen) atoms. The Balaban J connectivity index is 2.14. The maximum absolute atomic E-state index is 13.0. The second kappa shape index (κ2) is 48.6. The van der Waals surface area contributed by atoms with Gasteiger partial charge in [-0.1, -0.05) is 264 Å². The minimum absolute atomic E-state index is 0.137. The molecule has 0 aromatic carbocycles. The van der Waals surface area contributed by atoms with Gasteiger partial charge in [0.1, 0.15) is 24.4 Å². The molecule has 1 saturated heterocycles. The molecule has 7 atom stereocenters. The summed E-state index contributed by atoms with van der Waals surface area (Å²) >= 11 is 0. The van der Waals surface area contributed by atoms with Crippen molar-refractivity contribution >= 4 is 5.91 Å². The molecule has 1 rings (SSSR count). The van der Waals surface area contributed by atoms with Crippen molar-refractivity contribution in [1.29, 1.82) is 0 Å². The van der Waals surface area contributed by atoms with Gasteiger partial charge in [0.05, 0.1) is 25.4 Å². The Kier molecular flexibility index (Phi) is 46.3. The first kappa shape index (κ1) is 63.9. The average Bonchev–Trinajstić information content (AvgIpc) is 3.33. The number of allylic oxidation sites excluding steroid dienone is 2. The van der Waals surface area contributed by atoms with E-state index in [0.717, 1.165) is 51.4 Å². The van der Waals surface area contributed by atoms with Crippen LogP contribution < -0.4 is 5.32 Å². The Morgan fingerprint density at radius 2 is 0.836 bits per heavy atom. The van der Waals surface area contributed by atoms with Gasteiger partial charge in [0.25, 0.3) is 0 Å². The van der Waals surface area contributed by atoms with Crippen LogP contribution in [0.2, 0.25) is 0 Å². The van der Waals surface area contributed by atoms with Crippen molar-refractivity contribution in [2.45, 2.75) is 339 Å². The molecule has 0 radical (unpaired) electrons. The molecule has 9 nitrogen and oxygen atoms in total. The lowest BCUT2D eigenvalue weighted by Crippen LogP contribution is -2.60. The van der Waals surface area contributed by atoms with Crippen LogP contribution in [0.25, 0.3) is 0 Å². The fourth-order valence-corrected chi connectivity index (χ4v) is 9.69. The van der Waals surface area contributed by atoms with Gasteiger partial charge in [0.2, 0.25) is 5.91 Å². The maximum Gasteiger partial charge on any atom is 0.220 e. The van der Waals surface area contributed by atoms with Gasteiger partial charge in [0, 0.05) is 6.42 Å².